The Hall–Kier alpha value is -2.35. The minimum absolute atomic E-state index is 0.0639. The summed E-state index contributed by atoms with van der Waals surface area (Å²) in [5.74, 6) is -0.582. The van der Waals surface area contributed by atoms with Gasteiger partial charge >= 0.3 is 5.97 Å². The molecule has 1 fully saturated rings. The molecule has 0 radical (unpaired) electrons. The molecule has 8 heteroatoms. The second-order valence-electron chi connectivity index (χ2n) is 8.51. The number of pyridine rings is 1. The van der Waals surface area contributed by atoms with Crippen LogP contribution in [0.2, 0.25) is 5.02 Å². The smallest absolute Gasteiger partial charge is 0.341 e. The second kappa shape index (κ2) is 8.30. The Morgan fingerprint density at radius 3 is 2.81 bits per heavy atom. The van der Waals surface area contributed by atoms with Gasteiger partial charge in [-0.3, -0.25) is 4.79 Å². The van der Waals surface area contributed by atoms with E-state index in [1.54, 1.807) is 7.11 Å². The van der Waals surface area contributed by atoms with Crippen LogP contribution in [0, 0.1) is 0 Å². The Morgan fingerprint density at radius 2 is 2.10 bits per heavy atom. The molecular weight excluding hydrogens is 422 g/mol. The van der Waals surface area contributed by atoms with E-state index in [0.717, 1.165) is 24.0 Å². The molecule has 2 aromatic rings. The fourth-order valence-corrected chi connectivity index (χ4v) is 5.00. The summed E-state index contributed by atoms with van der Waals surface area (Å²) >= 11 is 6.53. The highest BCUT2D eigenvalue weighted by molar-refractivity contribution is 6.32. The van der Waals surface area contributed by atoms with Crippen LogP contribution in [0.1, 0.15) is 54.6 Å². The van der Waals surface area contributed by atoms with Gasteiger partial charge < -0.3 is 23.9 Å². The topological polar surface area (TPSA) is 87.0 Å². The molecule has 2 aliphatic rings. The maximum absolute atomic E-state index is 12.5. The fraction of sp³-hybridized carbons (Fsp3) is 0.478. The lowest BCUT2D eigenvalue weighted by atomic mass is 9.73. The molecule has 31 heavy (non-hydrogen) atoms. The van der Waals surface area contributed by atoms with Crippen molar-refractivity contribution in [2.45, 2.75) is 44.2 Å². The first-order chi connectivity index (χ1) is 14.7. The molecule has 0 bridgehead atoms. The van der Waals surface area contributed by atoms with Crippen molar-refractivity contribution in [1.82, 2.24) is 4.57 Å². The van der Waals surface area contributed by atoms with Crippen LogP contribution < -0.4 is 10.2 Å². The van der Waals surface area contributed by atoms with E-state index in [1.165, 1.54) is 12.3 Å². The zero-order valence-electron chi connectivity index (χ0n) is 17.8. The third-order valence-electron chi connectivity index (χ3n) is 6.14. The maximum atomic E-state index is 12.5. The van der Waals surface area contributed by atoms with E-state index in [1.807, 2.05) is 30.5 Å². The molecule has 1 saturated heterocycles. The van der Waals surface area contributed by atoms with Crippen LogP contribution in [0.4, 0.5) is 0 Å². The van der Waals surface area contributed by atoms with Gasteiger partial charge in [-0.2, -0.15) is 0 Å². The van der Waals surface area contributed by atoms with E-state index in [4.69, 9.17) is 25.8 Å². The van der Waals surface area contributed by atoms with Crippen LogP contribution in [0.3, 0.4) is 0 Å². The van der Waals surface area contributed by atoms with Crippen molar-refractivity contribution in [3.63, 3.8) is 0 Å². The summed E-state index contributed by atoms with van der Waals surface area (Å²) in [6.45, 7) is 5.65. The van der Waals surface area contributed by atoms with Crippen LogP contribution in [-0.2, 0) is 9.47 Å². The van der Waals surface area contributed by atoms with Crippen molar-refractivity contribution in [2.75, 3.05) is 26.9 Å². The molecule has 0 amide bonds. The quantitative estimate of drug-likeness (QED) is 0.670. The van der Waals surface area contributed by atoms with E-state index in [-0.39, 0.29) is 17.5 Å². The molecule has 0 saturated carbocycles. The summed E-state index contributed by atoms with van der Waals surface area (Å²) < 4.78 is 18.9. The van der Waals surface area contributed by atoms with Gasteiger partial charge in [0.2, 0.25) is 0 Å². The van der Waals surface area contributed by atoms with Crippen molar-refractivity contribution in [3.8, 4) is 17.0 Å². The number of carboxylic acid groups (broad SMARTS) is 1. The number of hydrogen-bond donors (Lipinski definition) is 1. The van der Waals surface area contributed by atoms with Crippen LogP contribution in [0.15, 0.2) is 29.2 Å². The molecule has 7 nitrogen and oxygen atoms in total. The predicted molar refractivity (Wildman–Crippen MR) is 117 cm³/mol. The highest BCUT2D eigenvalue weighted by Crippen LogP contribution is 2.53. The van der Waals surface area contributed by atoms with Gasteiger partial charge in [0.25, 0.3) is 0 Å². The van der Waals surface area contributed by atoms with Crippen LogP contribution >= 0.6 is 11.6 Å². The standard InChI is InChI=1S/C23H26ClNO6/c1-23(2)21-13(5-8-31-23)14-10-20(30-7-4-6-29-3)17(24)9-15(14)18-11-19(26)16(22(27)28)12-25(18)21/h9-13,21H,4-8H2,1-3H3,(H,27,28)/t13-,21+/m1/s1. The number of aromatic nitrogens is 1. The van der Waals surface area contributed by atoms with Gasteiger partial charge in [0, 0.05) is 50.5 Å². The Bertz CT molecular complexity index is 1080. The third kappa shape index (κ3) is 3.86. The first-order valence-corrected chi connectivity index (χ1v) is 10.7. The van der Waals surface area contributed by atoms with E-state index in [9.17, 15) is 14.7 Å². The van der Waals surface area contributed by atoms with E-state index in [2.05, 4.69) is 0 Å². The molecule has 2 aliphatic heterocycles. The number of nitrogens with zero attached hydrogens (tertiary/aromatic N) is 1. The largest absolute Gasteiger partial charge is 0.492 e. The SMILES string of the molecule is COCCCOc1cc2c(cc1Cl)-c1cc(=O)c(C(=O)O)cn1[C@H]1[C@@H]2CCOC1(C)C. The monoisotopic (exact) mass is 447 g/mol. The molecule has 0 spiro atoms. The van der Waals surface area contributed by atoms with Crippen LogP contribution in [0.25, 0.3) is 11.3 Å². The Morgan fingerprint density at radius 1 is 1.32 bits per heavy atom. The van der Waals surface area contributed by atoms with Gasteiger partial charge in [-0.1, -0.05) is 11.6 Å². The van der Waals surface area contributed by atoms with Gasteiger partial charge in [-0.15, -0.1) is 0 Å². The Balaban J connectivity index is 1.88. The lowest BCUT2D eigenvalue weighted by molar-refractivity contribution is -0.0977. The first kappa shape index (κ1) is 21.9. The molecule has 0 aliphatic carbocycles. The number of carboxylic acids is 1. The van der Waals surface area contributed by atoms with Gasteiger partial charge in [-0.05, 0) is 38.0 Å². The number of ether oxygens (including phenoxy) is 3. The van der Waals surface area contributed by atoms with Crippen molar-refractivity contribution in [2.24, 2.45) is 0 Å². The maximum Gasteiger partial charge on any atom is 0.341 e. The Labute approximate surface area is 185 Å². The normalized spacial score (nSPS) is 21.0. The van der Waals surface area contributed by atoms with E-state index < -0.39 is 17.0 Å². The fourth-order valence-electron chi connectivity index (χ4n) is 4.78. The van der Waals surface area contributed by atoms with Crippen molar-refractivity contribution in [3.05, 3.63) is 50.8 Å². The Kier molecular flexibility index (Phi) is 5.85. The van der Waals surface area contributed by atoms with Crippen molar-refractivity contribution < 1.29 is 24.1 Å². The molecule has 1 aromatic heterocycles. The minimum Gasteiger partial charge on any atom is -0.492 e. The number of rotatable bonds is 6. The third-order valence-corrected chi connectivity index (χ3v) is 6.43. The zero-order valence-corrected chi connectivity index (χ0v) is 18.6. The summed E-state index contributed by atoms with van der Waals surface area (Å²) in [4.78, 5) is 24.2. The van der Waals surface area contributed by atoms with E-state index in [0.29, 0.717) is 36.3 Å². The molecule has 1 N–H and O–H groups in total. The van der Waals surface area contributed by atoms with Gasteiger partial charge in [0.15, 0.2) is 5.43 Å². The lowest BCUT2D eigenvalue weighted by Gasteiger charge is -2.49. The zero-order chi connectivity index (χ0) is 22.3. The number of fused-ring (bicyclic) bond motifs is 6. The summed E-state index contributed by atoms with van der Waals surface area (Å²) in [5.41, 5.74) is 1.15. The molecule has 3 heterocycles. The van der Waals surface area contributed by atoms with Crippen LogP contribution in [-0.4, -0.2) is 48.2 Å². The summed E-state index contributed by atoms with van der Waals surface area (Å²) in [7, 11) is 1.65. The number of benzene rings is 1. The summed E-state index contributed by atoms with van der Waals surface area (Å²) in [6, 6.07) is 4.98. The van der Waals surface area contributed by atoms with Gasteiger partial charge in [0.05, 0.1) is 29.0 Å². The number of carbonyl (C=O) groups is 1. The molecular formula is C23H26ClNO6. The number of methoxy groups -OCH3 is 1. The minimum atomic E-state index is -1.24. The van der Waals surface area contributed by atoms with E-state index >= 15 is 0 Å². The summed E-state index contributed by atoms with van der Waals surface area (Å²) in [5, 5.41) is 9.95. The summed E-state index contributed by atoms with van der Waals surface area (Å²) in [6.07, 6.45) is 2.95. The number of aromatic carboxylic acids is 1. The predicted octanol–water partition coefficient (Wildman–Crippen LogP) is 4.12. The average Bonchev–Trinajstić information content (AvgIpc) is 2.71. The molecule has 4 rings (SSSR count). The van der Waals surface area contributed by atoms with Crippen LogP contribution in [0.5, 0.6) is 5.75 Å². The van der Waals surface area contributed by atoms with Crippen molar-refractivity contribution >= 4 is 17.6 Å². The molecule has 166 valence electrons. The molecule has 2 atom stereocenters. The molecule has 1 aromatic carbocycles. The lowest BCUT2D eigenvalue weighted by Crippen LogP contribution is -2.47. The highest BCUT2D eigenvalue weighted by Gasteiger charge is 2.46. The number of hydrogen-bond acceptors (Lipinski definition) is 5. The number of halogens is 1. The van der Waals surface area contributed by atoms with Gasteiger partial charge in [-0.25, -0.2) is 4.79 Å². The van der Waals surface area contributed by atoms with Crippen molar-refractivity contribution in [1.29, 1.82) is 0 Å². The first-order valence-electron chi connectivity index (χ1n) is 10.3. The van der Waals surface area contributed by atoms with Gasteiger partial charge in [0.1, 0.15) is 11.3 Å². The highest BCUT2D eigenvalue weighted by atomic mass is 35.5. The average molecular weight is 448 g/mol. The second-order valence-corrected chi connectivity index (χ2v) is 8.91. The molecule has 0 unspecified atom stereocenters.